The molecule has 114 valence electrons. The second kappa shape index (κ2) is 8.40. The first kappa shape index (κ1) is 16.3. The van der Waals surface area contributed by atoms with Gasteiger partial charge in [0.05, 0.1) is 0 Å². The molecule has 0 spiro atoms. The minimum Gasteiger partial charge on any atom is -0.362 e. The summed E-state index contributed by atoms with van der Waals surface area (Å²) >= 11 is 7.65. The van der Waals surface area contributed by atoms with Gasteiger partial charge in [-0.3, -0.25) is 0 Å². The van der Waals surface area contributed by atoms with E-state index in [4.69, 9.17) is 11.6 Å². The van der Waals surface area contributed by atoms with Gasteiger partial charge in [0.2, 0.25) is 0 Å². The summed E-state index contributed by atoms with van der Waals surface area (Å²) in [4.78, 5) is 4.26. The zero-order valence-corrected chi connectivity index (χ0v) is 14.3. The molecule has 0 fully saturated rings. The van der Waals surface area contributed by atoms with Crippen LogP contribution in [0.25, 0.3) is 0 Å². The molecule has 1 atom stereocenters. The van der Waals surface area contributed by atoms with Crippen molar-refractivity contribution in [2.45, 2.75) is 39.0 Å². The molecule has 4 heteroatoms. The Kier molecular flexibility index (Phi) is 6.52. The predicted molar refractivity (Wildman–Crippen MR) is 93.5 cm³/mol. The van der Waals surface area contributed by atoms with Gasteiger partial charge >= 0.3 is 0 Å². The third-order valence-corrected chi connectivity index (χ3v) is 4.62. The molecular weight excluding hydrogens is 300 g/mol. The number of hydrogen-bond acceptors (Lipinski definition) is 3. The summed E-state index contributed by atoms with van der Waals surface area (Å²) in [5, 5.41) is 7.22. The molecule has 0 aliphatic carbocycles. The first-order chi connectivity index (χ1) is 10.1. The van der Waals surface area contributed by atoms with Crippen molar-refractivity contribution in [1.82, 2.24) is 4.98 Å². The van der Waals surface area contributed by atoms with Crippen LogP contribution < -0.4 is 5.32 Å². The Bertz CT molecular complexity index is 508. The fourth-order valence-electron chi connectivity index (χ4n) is 2.41. The van der Waals surface area contributed by atoms with Gasteiger partial charge in [0.1, 0.15) is 0 Å². The summed E-state index contributed by atoms with van der Waals surface area (Å²) in [5.74, 6) is 1.32. The summed E-state index contributed by atoms with van der Waals surface area (Å²) in [6, 6.07) is 8.31. The van der Waals surface area contributed by atoms with Gasteiger partial charge in [0.15, 0.2) is 5.13 Å². The number of rotatable bonds is 8. The zero-order valence-electron chi connectivity index (χ0n) is 12.7. The second-order valence-corrected chi connectivity index (χ2v) is 7.10. The molecule has 2 rings (SSSR count). The molecule has 0 aliphatic heterocycles. The molecule has 0 aliphatic rings. The number of aromatic nitrogens is 1. The lowest BCUT2D eigenvalue weighted by atomic mass is 9.89. The SMILES string of the molecule is CC(C)CC[C@@H](CCNc1nccs1)c1ccc(Cl)cc1. The highest BCUT2D eigenvalue weighted by atomic mass is 35.5. The average molecular weight is 323 g/mol. The fourth-order valence-corrected chi connectivity index (χ4v) is 3.09. The van der Waals surface area contributed by atoms with Crippen molar-refractivity contribution >= 4 is 28.1 Å². The van der Waals surface area contributed by atoms with Gasteiger partial charge in [-0.1, -0.05) is 44.0 Å². The molecule has 0 radical (unpaired) electrons. The van der Waals surface area contributed by atoms with Crippen LogP contribution in [0.1, 0.15) is 44.6 Å². The smallest absolute Gasteiger partial charge is 0.182 e. The molecule has 1 aromatic carbocycles. The van der Waals surface area contributed by atoms with Crippen molar-refractivity contribution in [2.24, 2.45) is 5.92 Å². The Morgan fingerprint density at radius 2 is 1.90 bits per heavy atom. The van der Waals surface area contributed by atoms with Crippen LogP contribution in [0.5, 0.6) is 0 Å². The minimum absolute atomic E-state index is 0.581. The van der Waals surface area contributed by atoms with Gasteiger partial charge in [-0.15, -0.1) is 11.3 Å². The highest BCUT2D eigenvalue weighted by Gasteiger charge is 2.12. The summed E-state index contributed by atoms with van der Waals surface area (Å²) in [7, 11) is 0. The van der Waals surface area contributed by atoms with Gasteiger partial charge in [0, 0.05) is 23.1 Å². The monoisotopic (exact) mass is 322 g/mol. The summed E-state index contributed by atoms with van der Waals surface area (Å²) < 4.78 is 0. The van der Waals surface area contributed by atoms with E-state index < -0.39 is 0 Å². The van der Waals surface area contributed by atoms with Crippen LogP contribution >= 0.6 is 22.9 Å². The first-order valence-electron chi connectivity index (χ1n) is 7.54. The maximum atomic E-state index is 6.00. The Morgan fingerprint density at radius 3 is 2.52 bits per heavy atom. The van der Waals surface area contributed by atoms with Crippen molar-refractivity contribution in [3.05, 3.63) is 46.4 Å². The number of thiazole rings is 1. The van der Waals surface area contributed by atoms with Crippen molar-refractivity contribution in [2.75, 3.05) is 11.9 Å². The van der Waals surface area contributed by atoms with Crippen LogP contribution in [0.4, 0.5) is 5.13 Å². The van der Waals surface area contributed by atoms with Gasteiger partial charge < -0.3 is 5.32 Å². The Hall–Kier alpha value is -1.06. The lowest BCUT2D eigenvalue weighted by Gasteiger charge is -2.19. The van der Waals surface area contributed by atoms with Gasteiger partial charge in [-0.2, -0.15) is 0 Å². The first-order valence-corrected chi connectivity index (χ1v) is 8.79. The summed E-state index contributed by atoms with van der Waals surface area (Å²) in [6.07, 6.45) is 5.43. The third-order valence-electron chi connectivity index (χ3n) is 3.64. The molecule has 0 saturated heterocycles. The van der Waals surface area contributed by atoms with E-state index >= 15 is 0 Å². The molecule has 0 bridgehead atoms. The molecule has 2 aromatic rings. The average Bonchev–Trinajstić information content (AvgIpc) is 2.97. The molecule has 1 N–H and O–H groups in total. The maximum Gasteiger partial charge on any atom is 0.182 e. The van der Waals surface area contributed by atoms with E-state index in [-0.39, 0.29) is 0 Å². The molecule has 0 unspecified atom stereocenters. The standard InChI is InChI=1S/C17H23ClN2S/c1-13(2)3-4-15(14-5-7-16(18)8-6-14)9-10-19-17-20-11-12-21-17/h5-8,11-13,15H,3-4,9-10H2,1-2H3,(H,19,20)/t15-/m0/s1. The Balaban J connectivity index is 1.92. The maximum absolute atomic E-state index is 6.00. The number of anilines is 1. The van der Waals surface area contributed by atoms with Crippen LogP contribution in [0.15, 0.2) is 35.8 Å². The van der Waals surface area contributed by atoms with Crippen LogP contribution in [-0.2, 0) is 0 Å². The van der Waals surface area contributed by atoms with E-state index in [1.54, 1.807) is 11.3 Å². The number of benzene rings is 1. The molecule has 0 saturated carbocycles. The normalized spacial score (nSPS) is 12.6. The summed E-state index contributed by atoms with van der Waals surface area (Å²) in [5.41, 5.74) is 1.39. The Labute approximate surface area is 136 Å². The molecule has 1 aromatic heterocycles. The largest absolute Gasteiger partial charge is 0.362 e. The zero-order chi connectivity index (χ0) is 15.1. The number of nitrogens with one attached hydrogen (secondary N) is 1. The van der Waals surface area contributed by atoms with E-state index in [1.807, 2.05) is 23.7 Å². The molecule has 0 amide bonds. The predicted octanol–water partition coefficient (Wildman–Crippen LogP) is 5.82. The van der Waals surface area contributed by atoms with Crippen LogP contribution in [0, 0.1) is 5.92 Å². The van der Waals surface area contributed by atoms with Crippen molar-refractivity contribution in [1.29, 1.82) is 0 Å². The number of nitrogens with zero attached hydrogens (tertiary/aromatic N) is 1. The molecular formula is C17H23ClN2S. The van der Waals surface area contributed by atoms with Crippen LogP contribution in [-0.4, -0.2) is 11.5 Å². The van der Waals surface area contributed by atoms with Crippen molar-refractivity contribution in [3.8, 4) is 0 Å². The van der Waals surface area contributed by atoms with E-state index in [0.29, 0.717) is 5.92 Å². The molecule has 1 heterocycles. The molecule has 21 heavy (non-hydrogen) atoms. The number of halogens is 1. The molecule has 2 nitrogen and oxygen atoms in total. The van der Waals surface area contributed by atoms with Crippen molar-refractivity contribution < 1.29 is 0 Å². The van der Waals surface area contributed by atoms with E-state index in [2.05, 4.69) is 36.3 Å². The second-order valence-electron chi connectivity index (χ2n) is 5.77. The Morgan fingerprint density at radius 1 is 1.14 bits per heavy atom. The van der Waals surface area contributed by atoms with E-state index in [1.165, 1.54) is 18.4 Å². The lowest BCUT2D eigenvalue weighted by molar-refractivity contribution is 0.487. The van der Waals surface area contributed by atoms with Gasteiger partial charge in [-0.05, 0) is 42.4 Å². The fraction of sp³-hybridized carbons (Fsp3) is 0.471. The third kappa shape index (κ3) is 5.68. The van der Waals surface area contributed by atoms with Gasteiger partial charge in [-0.25, -0.2) is 4.98 Å². The van der Waals surface area contributed by atoms with Crippen LogP contribution in [0.2, 0.25) is 5.02 Å². The highest BCUT2D eigenvalue weighted by molar-refractivity contribution is 7.13. The minimum atomic E-state index is 0.581. The number of hydrogen-bond donors (Lipinski definition) is 1. The van der Waals surface area contributed by atoms with E-state index in [9.17, 15) is 0 Å². The quantitative estimate of drug-likeness (QED) is 0.662. The van der Waals surface area contributed by atoms with E-state index in [0.717, 1.165) is 29.0 Å². The van der Waals surface area contributed by atoms with Crippen LogP contribution in [0.3, 0.4) is 0 Å². The topological polar surface area (TPSA) is 24.9 Å². The lowest BCUT2D eigenvalue weighted by Crippen LogP contribution is -2.09. The summed E-state index contributed by atoms with van der Waals surface area (Å²) in [6.45, 7) is 5.53. The van der Waals surface area contributed by atoms with Crippen molar-refractivity contribution in [3.63, 3.8) is 0 Å². The van der Waals surface area contributed by atoms with Gasteiger partial charge in [0.25, 0.3) is 0 Å². The highest BCUT2D eigenvalue weighted by Crippen LogP contribution is 2.28.